The summed E-state index contributed by atoms with van der Waals surface area (Å²) in [5.41, 5.74) is 0. The van der Waals surface area contributed by atoms with E-state index in [-0.39, 0.29) is 0 Å². The number of hydrogen-bond donors (Lipinski definition) is 0. The summed E-state index contributed by atoms with van der Waals surface area (Å²) in [4.78, 5) is 0. The van der Waals surface area contributed by atoms with Crippen LogP contribution in [0.2, 0.25) is 0 Å². The van der Waals surface area contributed by atoms with Crippen molar-refractivity contribution >= 4 is 0 Å². The van der Waals surface area contributed by atoms with Gasteiger partial charge in [-0.15, -0.1) is 0 Å². The first-order valence-electron chi connectivity index (χ1n) is 4.19. The molecule has 3 nitrogen and oxygen atoms in total. The third-order valence-corrected chi connectivity index (χ3v) is 1.06. The molecule has 0 saturated heterocycles. The number of rotatable bonds is 7. The summed E-state index contributed by atoms with van der Waals surface area (Å²) in [6.07, 6.45) is 0.983. The predicted molar refractivity (Wildman–Crippen MR) is 43.3 cm³/mol. The standard InChI is InChI=1S/C8H18O3/c1-4-7-11-8(9-5-2)10-6-3/h8H,4-7H2,1-3H3. The maximum absolute atomic E-state index is 5.23. The molecule has 0 radical (unpaired) electrons. The Kier molecular flexibility index (Phi) is 7.89. The molecule has 0 aliphatic heterocycles. The summed E-state index contributed by atoms with van der Waals surface area (Å²) < 4.78 is 15.5. The van der Waals surface area contributed by atoms with Crippen LogP contribution in [-0.4, -0.2) is 26.3 Å². The lowest BCUT2D eigenvalue weighted by atomic mass is 10.5. The van der Waals surface area contributed by atoms with E-state index in [1.807, 2.05) is 13.8 Å². The first kappa shape index (κ1) is 10.9. The van der Waals surface area contributed by atoms with Crippen molar-refractivity contribution in [3.8, 4) is 0 Å². The van der Waals surface area contributed by atoms with Crippen LogP contribution in [0.4, 0.5) is 0 Å². The largest absolute Gasteiger partial charge is 0.330 e. The second-order valence-corrected chi connectivity index (χ2v) is 2.07. The molecule has 0 aliphatic rings. The Hall–Kier alpha value is -0.120. The lowest BCUT2D eigenvalue weighted by molar-refractivity contribution is -0.284. The Morgan fingerprint density at radius 3 is 1.82 bits per heavy atom. The van der Waals surface area contributed by atoms with Crippen molar-refractivity contribution in [2.24, 2.45) is 0 Å². The van der Waals surface area contributed by atoms with Gasteiger partial charge in [-0.1, -0.05) is 6.92 Å². The van der Waals surface area contributed by atoms with Crippen molar-refractivity contribution in [2.75, 3.05) is 19.8 Å². The highest BCUT2D eigenvalue weighted by atomic mass is 16.8. The van der Waals surface area contributed by atoms with E-state index in [2.05, 4.69) is 6.92 Å². The summed E-state index contributed by atoms with van der Waals surface area (Å²) >= 11 is 0. The third kappa shape index (κ3) is 6.28. The normalized spacial score (nSPS) is 10.9. The molecule has 3 heteroatoms. The smallest absolute Gasteiger partial charge is 0.271 e. The van der Waals surface area contributed by atoms with Gasteiger partial charge in [-0.2, -0.15) is 0 Å². The Labute approximate surface area is 68.6 Å². The Morgan fingerprint density at radius 2 is 1.45 bits per heavy atom. The lowest BCUT2D eigenvalue weighted by Gasteiger charge is -2.16. The lowest BCUT2D eigenvalue weighted by Crippen LogP contribution is -2.21. The highest BCUT2D eigenvalue weighted by molar-refractivity contribution is 4.27. The highest BCUT2D eigenvalue weighted by Crippen LogP contribution is 1.97. The fourth-order valence-electron chi connectivity index (χ4n) is 0.631. The molecule has 0 unspecified atom stereocenters. The number of hydrogen-bond acceptors (Lipinski definition) is 3. The average molecular weight is 162 g/mol. The molecule has 0 saturated carbocycles. The van der Waals surface area contributed by atoms with Gasteiger partial charge >= 0.3 is 0 Å². The van der Waals surface area contributed by atoms with Gasteiger partial charge in [-0.3, -0.25) is 0 Å². The molecule has 0 aliphatic carbocycles. The monoisotopic (exact) mass is 162 g/mol. The van der Waals surface area contributed by atoms with Gasteiger partial charge in [0, 0.05) is 13.2 Å². The zero-order valence-electron chi connectivity index (χ0n) is 7.63. The van der Waals surface area contributed by atoms with Crippen molar-refractivity contribution in [3.63, 3.8) is 0 Å². The van der Waals surface area contributed by atoms with Gasteiger partial charge < -0.3 is 14.2 Å². The fraction of sp³-hybridized carbons (Fsp3) is 1.00. The molecule has 0 bridgehead atoms. The first-order valence-corrected chi connectivity index (χ1v) is 4.19. The molecule has 11 heavy (non-hydrogen) atoms. The van der Waals surface area contributed by atoms with Crippen LogP contribution in [0, 0.1) is 0 Å². The summed E-state index contributed by atoms with van der Waals surface area (Å²) in [5, 5.41) is 0. The molecule has 0 atom stereocenters. The van der Waals surface area contributed by atoms with Gasteiger partial charge in [0.25, 0.3) is 6.48 Å². The third-order valence-electron chi connectivity index (χ3n) is 1.06. The SMILES string of the molecule is CCCOC(OCC)OCC. The Bertz CT molecular complexity index is 69.7. The van der Waals surface area contributed by atoms with Gasteiger partial charge in [0.05, 0.1) is 6.61 Å². The molecule has 0 spiro atoms. The van der Waals surface area contributed by atoms with Crippen LogP contribution < -0.4 is 0 Å². The van der Waals surface area contributed by atoms with E-state index in [9.17, 15) is 0 Å². The maximum Gasteiger partial charge on any atom is 0.271 e. The van der Waals surface area contributed by atoms with Gasteiger partial charge in [-0.25, -0.2) is 0 Å². The minimum Gasteiger partial charge on any atom is -0.330 e. The summed E-state index contributed by atoms with van der Waals surface area (Å²) in [6, 6.07) is 0. The fourth-order valence-corrected chi connectivity index (χ4v) is 0.631. The molecule has 0 aromatic rings. The molecule has 0 rings (SSSR count). The van der Waals surface area contributed by atoms with Crippen LogP contribution >= 0.6 is 0 Å². The maximum atomic E-state index is 5.23. The van der Waals surface area contributed by atoms with E-state index in [1.165, 1.54) is 0 Å². The van der Waals surface area contributed by atoms with Gasteiger partial charge in [0.1, 0.15) is 0 Å². The van der Waals surface area contributed by atoms with Crippen LogP contribution in [0.15, 0.2) is 0 Å². The first-order chi connectivity index (χ1) is 5.35. The van der Waals surface area contributed by atoms with E-state index < -0.39 is 6.48 Å². The minimum atomic E-state index is -0.468. The van der Waals surface area contributed by atoms with Crippen LogP contribution in [-0.2, 0) is 14.2 Å². The van der Waals surface area contributed by atoms with Gasteiger partial charge in [0.2, 0.25) is 0 Å². The Balaban J connectivity index is 3.34. The molecule has 0 heterocycles. The zero-order valence-corrected chi connectivity index (χ0v) is 7.63. The van der Waals surface area contributed by atoms with Gasteiger partial charge in [-0.05, 0) is 20.3 Å². The molecule has 68 valence electrons. The van der Waals surface area contributed by atoms with Crippen molar-refractivity contribution in [1.29, 1.82) is 0 Å². The molecule has 0 N–H and O–H groups in total. The molecule has 0 fully saturated rings. The van der Waals surface area contributed by atoms with Crippen LogP contribution in [0.25, 0.3) is 0 Å². The predicted octanol–water partition coefficient (Wildman–Crippen LogP) is 1.77. The topological polar surface area (TPSA) is 27.7 Å². The van der Waals surface area contributed by atoms with Crippen molar-refractivity contribution in [1.82, 2.24) is 0 Å². The van der Waals surface area contributed by atoms with Crippen molar-refractivity contribution in [3.05, 3.63) is 0 Å². The molecule has 0 aromatic heterocycles. The van der Waals surface area contributed by atoms with E-state index in [0.717, 1.165) is 6.42 Å². The minimum absolute atomic E-state index is 0.468. The van der Waals surface area contributed by atoms with E-state index in [4.69, 9.17) is 14.2 Å². The molecular weight excluding hydrogens is 144 g/mol. The van der Waals surface area contributed by atoms with E-state index >= 15 is 0 Å². The second kappa shape index (κ2) is 7.98. The van der Waals surface area contributed by atoms with Crippen LogP contribution in [0.5, 0.6) is 0 Å². The molecular formula is C8H18O3. The van der Waals surface area contributed by atoms with Crippen LogP contribution in [0.3, 0.4) is 0 Å². The Morgan fingerprint density at radius 1 is 0.909 bits per heavy atom. The molecule has 0 amide bonds. The summed E-state index contributed by atoms with van der Waals surface area (Å²) in [6.45, 7) is 7.34. The van der Waals surface area contributed by atoms with Crippen molar-refractivity contribution < 1.29 is 14.2 Å². The number of ether oxygens (including phenoxy) is 3. The average Bonchev–Trinajstić information content (AvgIpc) is 2.01. The van der Waals surface area contributed by atoms with E-state index in [1.54, 1.807) is 0 Å². The summed E-state index contributed by atoms with van der Waals surface area (Å²) in [5.74, 6) is 0. The zero-order chi connectivity index (χ0) is 8.53. The van der Waals surface area contributed by atoms with E-state index in [0.29, 0.717) is 19.8 Å². The van der Waals surface area contributed by atoms with Gasteiger partial charge in [0.15, 0.2) is 0 Å². The summed E-state index contributed by atoms with van der Waals surface area (Å²) in [7, 11) is 0. The molecule has 0 aromatic carbocycles. The van der Waals surface area contributed by atoms with Crippen molar-refractivity contribution in [2.45, 2.75) is 33.7 Å². The second-order valence-electron chi connectivity index (χ2n) is 2.07. The quantitative estimate of drug-likeness (QED) is 0.534. The highest BCUT2D eigenvalue weighted by Gasteiger charge is 2.05. The van der Waals surface area contributed by atoms with Crippen LogP contribution in [0.1, 0.15) is 27.2 Å².